The summed E-state index contributed by atoms with van der Waals surface area (Å²) in [6.45, 7) is 4.08. The van der Waals surface area contributed by atoms with Crippen molar-refractivity contribution in [2.24, 2.45) is 0 Å². The molecule has 0 spiro atoms. The highest BCUT2D eigenvalue weighted by Gasteiger charge is 2.16. The van der Waals surface area contributed by atoms with Crippen LogP contribution in [-0.2, 0) is 0 Å². The summed E-state index contributed by atoms with van der Waals surface area (Å²) in [5.74, 6) is 0. The van der Waals surface area contributed by atoms with E-state index >= 15 is 0 Å². The van der Waals surface area contributed by atoms with Crippen LogP contribution in [0.25, 0.3) is 10.4 Å². The first-order valence-corrected chi connectivity index (χ1v) is 6.77. The van der Waals surface area contributed by atoms with Crippen molar-refractivity contribution in [2.45, 2.75) is 0 Å². The maximum Gasteiger partial charge on any atom is 0.223 e. The van der Waals surface area contributed by atoms with Gasteiger partial charge in [-0.1, -0.05) is 36.4 Å². The van der Waals surface area contributed by atoms with Gasteiger partial charge in [-0.2, -0.15) is 5.26 Å². The molecule has 0 saturated heterocycles. The Kier molecular flexibility index (Phi) is 4.18. The molecule has 5 heteroatoms. The lowest BCUT2D eigenvalue weighted by Crippen LogP contribution is -2.15. The predicted molar refractivity (Wildman–Crippen MR) is 83.8 cm³/mol. The van der Waals surface area contributed by atoms with E-state index in [1.165, 1.54) is 11.3 Å². The minimum atomic E-state index is -0.434. The van der Waals surface area contributed by atoms with Crippen molar-refractivity contribution >= 4 is 22.0 Å². The van der Waals surface area contributed by atoms with Gasteiger partial charge in [0.25, 0.3) is 0 Å². The van der Waals surface area contributed by atoms with Crippen LogP contribution in [0.3, 0.4) is 0 Å². The predicted octanol–water partition coefficient (Wildman–Crippen LogP) is 2.83. The maximum absolute atomic E-state index is 12.2. The van der Waals surface area contributed by atoms with Crippen LogP contribution >= 0.6 is 11.3 Å². The zero-order chi connectivity index (χ0) is 14.5. The van der Waals surface area contributed by atoms with Crippen LogP contribution in [0.4, 0.5) is 10.7 Å². The molecule has 0 aliphatic heterocycles. The SMILES string of the molecule is C=CCNc1sc(-c2ccccc2)c(N)c(=O)c1C#N. The highest BCUT2D eigenvalue weighted by Crippen LogP contribution is 2.34. The normalized spacial score (nSPS) is 9.75. The number of nitrogens with one attached hydrogen (secondary N) is 1. The molecule has 100 valence electrons. The molecule has 20 heavy (non-hydrogen) atoms. The molecule has 0 unspecified atom stereocenters. The third-order valence-electron chi connectivity index (χ3n) is 2.70. The number of rotatable bonds is 4. The van der Waals surface area contributed by atoms with Gasteiger partial charge in [-0.15, -0.1) is 17.9 Å². The van der Waals surface area contributed by atoms with Gasteiger partial charge in [0.05, 0.1) is 10.6 Å². The van der Waals surface area contributed by atoms with Crippen molar-refractivity contribution < 1.29 is 0 Å². The monoisotopic (exact) mass is 283 g/mol. The zero-order valence-corrected chi connectivity index (χ0v) is 11.5. The molecule has 0 fully saturated rings. The Morgan fingerprint density at radius 3 is 2.70 bits per heavy atom. The lowest BCUT2D eigenvalue weighted by atomic mass is 10.1. The molecule has 0 radical (unpaired) electrons. The summed E-state index contributed by atoms with van der Waals surface area (Å²) in [4.78, 5) is 12.8. The van der Waals surface area contributed by atoms with E-state index in [-0.39, 0.29) is 11.3 Å². The van der Waals surface area contributed by atoms with E-state index in [2.05, 4.69) is 11.9 Å². The second-order valence-corrected chi connectivity index (χ2v) is 5.05. The van der Waals surface area contributed by atoms with E-state index in [4.69, 9.17) is 11.0 Å². The number of benzene rings is 1. The molecule has 0 bridgehead atoms. The van der Waals surface area contributed by atoms with Crippen LogP contribution in [0, 0.1) is 11.3 Å². The highest BCUT2D eigenvalue weighted by atomic mass is 32.1. The van der Waals surface area contributed by atoms with Crippen LogP contribution in [-0.4, -0.2) is 6.54 Å². The molecule has 2 rings (SSSR count). The zero-order valence-electron chi connectivity index (χ0n) is 10.7. The molecule has 0 aliphatic rings. The second kappa shape index (κ2) is 6.04. The summed E-state index contributed by atoms with van der Waals surface area (Å²) < 4.78 is 0. The first-order chi connectivity index (χ1) is 9.69. The quantitative estimate of drug-likeness (QED) is 0.846. The first-order valence-electron chi connectivity index (χ1n) is 5.96. The van der Waals surface area contributed by atoms with E-state index < -0.39 is 5.43 Å². The van der Waals surface area contributed by atoms with Crippen LogP contribution < -0.4 is 16.5 Å². The van der Waals surface area contributed by atoms with Gasteiger partial charge < -0.3 is 11.1 Å². The molecule has 1 aromatic heterocycles. The first kappa shape index (κ1) is 13.8. The molecule has 0 saturated carbocycles. The average molecular weight is 283 g/mol. The molecule has 0 atom stereocenters. The number of nitrogen functional groups attached to an aromatic ring is 1. The van der Waals surface area contributed by atoms with Gasteiger partial charge >= 0.3 is 0 Å². The minimum Gasteiger partial charge on any atom is -0.394 e. The minimum absolute atomic E-state index is 0.0500. The number of nitrogens with two attached hydrogens (primary N) is 1. The van der Waals surface area contributed by atoms with Gasteiger partial charge in [0, 0.05) is 6.54 Å². The van der Waals surface area contributed by atoms with Gasteiger partial charge in [0.15, 0.2) is 0 Å². The number of hydrogen-bond donors (Lipinski definition) is 2. The van der Waals surface area contributed by atoms with Gasteiger partial charge in [0.1, 0.15) is 16.6 Å². The molecule has 4 nitrogen and oxygen atoms in total. The molecule has 3 N–H and O–H groups in total. The van der Waals surface area contributed by atoms with Crippen molar-refractivity contribution in [3.05, 3.63) is 58.8 Å². The number of hydrogen-bond acceptors (Lipinski definition) is 5. The fourth-order valence-electron chi connectivity index (χ4n) is 1.74. The van der Waals surface area contributed by atoms with E-state index in [1.807, 2.05) is 36.4 Å². The Morgan fingerprint density at radius 1 is 1.40 bits per heavy atom. The fraction of sp³-hybridized carbons (Fsp3) is 0.0667. The van der Waals surface area contributed by atoms with Crippen molar-refractivity contribution in [3.63, 3.8) is 0 Å². The molecular weight excluding hydrogens is 270 g/mol. The summed E-state index contributed by atoms with van der Waals surface area (Å²) in [7, 11) is 0. The molecular formula is C15H13N3OS. The molecule has 0 aliphatic carbocycles. The summed E-state index contributed by atoms with van der Waals surface area (Å²) in [5.41, 5.74) is 6.48. The van der Waals surface area contributed by atoms with Crippen LogP contribution in [0.5, 0.6) is 0 Å². The van der Waals surface area contributed by atoms with Crippen molar-refractivity contribution in [3.8, 4) is 16.5 Å². The lowest BCUT2D eigenvalue weighted by Gasteiger charge is -2.10. The summed E-state index contributed by atoms with van der Waals surface area (Å²) >= 11 is 1.30. The van der Waals surface area contributed by atoms with Gasteiger partial charge in [0.2, 0.25) is 5.43 Å². The van der Waals surface area contributed by atoms with Crippen molar-refractivity contribution in [1.29, 1.82) is 5.26 Å². The Hall–Kier alpha value is -2.58. The number of nitriles is 1. The lowest BCUT2D eigenvalue weighted by molar-refractivity contribution is 1.34. The summed E-state index contributed by atoms with van der Waals surface area (Å²) in [6.07, 6.45) is 1.66. The van der Waals surface area contributed by atoms with Gasteiger partial charge in [-0.05, 0) is 5.56 Å². The topological polar surface area (TPSA) is 78.9 Å². The van der Waals surface area contributed by atoms with Gasteiger partial charge in [-0.3, -0.25) is 4.79 Å². The number of nitrogens with zero attached hydrogens (tertiary/aromatic N) is 1. The van der Waals surface area contributed by atoms with Crippen molar-refractivity contribution in [1.82, 2.24) is 0 Å². The van der Waals surface area contributed by atoms with E-state index in [0.29, 0.717) is 16.4 Å². The summed E-state index contributed by atoms with van der Waals surface area (Å²) in [6, 6.07) is 11.3. The Bertz CT molecular complexity index is 729. The fourth-order valence-corrected chi connectivity index (χ4v) is 2.80. The molecule has 1 aromatic carbocycles. The highest BCUT2D eigenvalue weighted by molar-refractivity contribution is 7.19. The largest absolute Gasteiger partial charge is 0.394 e. The average Bonchev–Trinajstić information content (AvgIpc) is 2.49. The third-order valence-corrected chi connectivity index (χ3v) is 3.91. The molecule has 0 amide bonds. The number of anilines is 2. The molecule has 1 heterocycles. The van der Waals surface area contributed by atoms with Crippen LogP contribution in [0.1, 0.15) is 5.56 Å². The van der Waals surface area contributed by atoms with Crippen molar-refractivity contribution in [2.75, 3.05) is 17.6 Å². The third kappa shape index (κ3) is 2.56. The Balaban J connectivity index is 2.65. The smallest absolute Gasteiger partial charge is 0.223 e. The Morgan fingerprint density at radius 2 is 2.10 bits per heavy atom. The Labute approximate surface area is 120 Å². The van der Waals surface area contributed by atoms with E-state index in [0.717, 1.165) is 5.56 Å². The van der Waals surface area contributed by atoms with Crippen LogP contribution in [0.2, 0.25) is 0 Å². The standard InChI is InChI=1S/C15H13N3OS/c1-2-8-18-15-11(9-16)13(19)12(17)14(20-15)10-6-4-3-5-7-10/h2-7,18H,1,8,17H2. The summed E-state index contributed by atoms with van der Waals surface area (Å²) in [5, 5.41) is 12.7. The second-order valence-electron chi connectivity index (χ2n) is 4.03. The molecule has 2 aromatic rings. The van der Waals surface area contributed by atoms with E-state index in [9.17, 15) is 4.79 Å². The van der Waals surface area contributed by atoms with Crippen LogP contribution in [0.15, 0.2) is 47.8 Å². The van der Waals surface area contributed by atoms with Gasteiger partial charge in [-0.25, -0.2) is 0 Å². The maximum atomic E-state index is 12.2. The van der Waals surface area contributed by atoms with E-state index in [1.54, 1.807) is 6.08 Å².